The SMILES string of the molecule is CN(C)C(=O)c1ccc2c(c1)C(C(=O)NC1CC[N+](C)(CC3CCCCCCC3)CC1)c1ccccc1O2.[I-]. The summed E-state index contributed by atoms with van der Waals surface area (Å²) in [6, 6.07) is 13.4. The molecule has 2 aliphatic heterocycles. The van der Waals surface area contributed by atoms with Gasteiger partial charge in [0.25, 0.3) is 5.91 Å². The van der Waals surface area contributed by atoms with Crippen LogP contribution in [-0.2, 0) is 4.79 Å². The predicted octanol–water partition coefficient (Wildman–Crippen LogP) is 2.72. The minimum absolute atomic E-state index is 0. The third kappa shape index (κ3) is 6.96. The van der Waals surface area contributed by atoms with E-state index < -0.39 is 5.92 Å². The third-order valence-corrected chi connectivity index (χ3v) is 8.99. The van der Waals surface area contributed by atoms with Crippen LogP contribution in [-0.4, -0.2) is 68.0 Å². The maximum absolute atomic E-state index is 13.9. The van der Waals surface area contributed by atoms with Crippen molar-refractivity contribution >= 4 is 11.8 Å². The molecule has 7 heteroatoms. The Morgan fingerprint density at radius 3 is 2.23 bits per heavy atom. The number of rotatable bonds is 5. The molecular weight excluding hydrogens is 601 g/mol. The van der Waals surface area contributed by atoms with Crippen molar-refractivity contribution in [3.05, 3.63) is 59.2 Å². The standard InChI is InChI=1S/C32H43N3O3.HI/c1-34(2)32(37)24-15-16-29-27(21-24)30(26-13-9-10-14-28(26)38-29)31(36)33-25-17-19-35(3,20-18-25)22-23-11-7-5-4-6-8-12-23;/h9-10,13-16,21,23,25,30H,4-8,11-12,17-20,22H2,1-3H3;1H. The summed E-state index contributed by atoms with van der Waals surface area (Å²) in [5.41, 5.74) is 2.18. The average molecular weight is 646 g/mol. The van der Waals surface area contributed by atoms with Crippen LogP contribution in [0.15, 0.2) is 42.5 Å². The molecule has 1 saturated carbocycles. The molecule has 1 N–H and O–H groups in total. The van der Waals surface area contributed by atoms with E-state index in [4.69, 9.17) is 4.74 Å². The first kappa shape index (κ1) is 29.8. The van der Waals surface area contributed by atoms with E-state index >= 15 is 0 Å². The monoisotopic (exact) mass is 645 g/mol. The summed E-state index contributed by atoms with van der Waals surface area (Å²) in [6.45, 7) is 3.51. The lowest BCUT2D eigenvalue weighted by atomic mass is 9.85. The Hall–Kier alpha value is -2.13. The number of piperidine rings is 1. The highest BCUT2D eigenvalue weighted by molar-refractivity contribution is 5.96. The molecule has 1 atom stereocenters. The summed E-state index contributed by atoms with van der Waals surface area (Å²) in [5, 5.41) is 3.40. The Morgan fingerprint density at radius 1 is 0.897 bits per heavy atom. The highest BCUT2D eigenvalue weighted by Crippen LogP contribution is 2.44. The smallest absolute Gasteiger partial charge is 0.253 e. The highest BCUT2D eigenvalue weighted by Gasteiger charge is 2.37. The van der Waals surface area contributed by atoms with E-state index in [1.54, 1.807) is 25.1 Å². The van der Waals surface area contributed by atoms with Crippen LogP contribution in [0.2, 0.25) is 0 Å². The molecule has 2 aromatic carbocycles. The molecule has 6 nitrogen and oxygen atoms in total. The lowest BCUT2D eigenvalue weighted by molar-refractivity contribution is -0.917. The van der Waals surface area contributed by atoms with E-state index in [-0.39, 0.29) is 41.8 Å². The number of ether oxygens (including phenoxy) is 1. The summed E-state index contributed by atoms with van der Waals surface area (Å²) < 4.78 is 7.29. The van der Waals surface area contributed by atoms with Gasteiger partial charge in [-0.25, -0.2) is 0 Å². The Labute approximate surface area is 251 Å². The Kier molecular flexibility index (Phi) is 9.97. The Balaban J connectivity index is 0.00000353. The zero-order valence-corrected chi connectivity index (χ0v) is 25.9. The van der Waals surface area contributed by atoms with Crippen LogP contribution in [0, 0.1) is 5.92 Å². The first-order chi connectivity index (χ1) is 18.3. The summed E-state index contributed by atoms with van der Waals surface area (Å²) in [5.74, 6) is 1.62. The molecule has 2 aromatic rings. The van der Waals surface area contributed by atoms with E-state index in [2.05, 4.69) is 12.4 Å². The molecule has 0 radical (unpaired) electrons. The van der Waals surface area contributed by atoms with E-state index in [9.17, 15) is 9.59 Å². The van der Waals surface area contributed by atoms with E-state index in [0.717, 1.165) is 47.5 Å². The number of likely N-dealkylation sites (tertiary alicyclic amines) is 1. The second-order valence-corrected chi connectivity index (χ2v) is 12.3. The number of amides is 2. The van der Waals surface area contributed by atoms with E-state index in [1.807, 2.05) is 36.4 Å². The van der Waals surface area contributed by atoms with Crippen LogP contribution in [0.1, 0.15) is 85.2 Å². The van der Waals surface area contributed by atoms with Crippen molar-refractivity contribution in [3.63, 3.8) is 0 Å². The molecule has 2 amide bonds. The Morgan fingerprint density at radius 2 is 1.54 bits per heavy atom. The molecule has 2 fully saturated rings. The second kappa shape index (κ2) is 13.0. The van der Waals surface area contributed by atoms with Gasteiger partial charge < -0.3 is 43.4 Å². The van der Waals surface area contributed by atoms with Gasteiger partial charge in [-0.05, 0) is 37.1 Å². The molecule has 3 aliphatic rings. The number of hydrogen-bond donors (Lipinski definition) is 1. The number of quaternary nitrogens is 1. The molecule has 39 heavy (non-hydrogen) atoms. The molecule has 212 valence electrons. The fraction of sp³-hybridized carbons (Fsp3) is 0.562. The fourth-order valence-corrected chi connectivity index (χ4v) is 6.79. The number of carbonyl (C=O) groups excluding carboxylic acids is 2. The number of halogens is 1. The van der Waals surface area contributed by atoms with Crippen molar-refractivity contribution in [2.75, 3.05) is 40.8 Å². The van der Waals surface area contributed by atoms with Crippen LogP contribution >= 0.6 is 0 Å². The third-order valence-electron chi connectivity index (χ3n) is 8.99. The van der Waals surface area contributed by atoms with Crippen LogP contribution in [0.3, 0.4) is 0 Å². The quantitative estimate of drug-likeness (QED) is 0.402. The lowest BCUT2D eigenvalue weighted by Crippen LogP contribution is -3.00. The van der Waals surface area contributed by atoms with E-state index in [0.29, 0.717) is 17.1 Å². The van der Waals surface area contributed by atoms with Crippen molar-refractivity contribution < 1.29 is 42.8 Å². The predicted molar refractivity (Wildman–Crippen MR) is 151 cm³/mol. The zero-order chi connectivity index (χ0) is 26.7. The molecule has 0 bridgehead atoms. The lowest BCUT2D eigenvalue weighted by Gasteiger charge is -2.43. The number of carbonyl (C=O) groups is 2. The van der Waals surface area contributed by atoms with Gasteiger partial charge in [-0.3, -0.25) is 9.59 Å². The molecule has 2 heterocycles. The van der Waals surface area contributed by atoms with Gasteiger partial charge in [0, 0.05) is 55.6 Å². The first-order valence-electron chi connectivity index (χ1n) is 14.6. The van der Waals surface area contributed by atoms with Gasteiger partial charge in [0.2, 0.25) is 5.91 Å². The number of para-hydroxylation sites is 1. The molecule has 0 spiro atoms. The van der Waals surface area contributed by atoms with Gasteiger partial charge in [0.15, 0.2) is 0 Å². The minimum Gasteiger partial charge on any atom is -1.00 e. The number of nitrogens with one attached hydrogen (secondary N) is 1. The molecule has 1 aliphatic carbocycles. The van der Waals surface area contributed by atoms with Gasteiger partial charge in [-0.1, -0.05) is 50.3 Å². The van der Waals surface area contributed by atoms with Crippen molar-refractivity contribution in [3.8, 4) is 11.5 Å². The maximum Gasteiger partial charge on any atom is 0.253 e. The number of fused-ring (bicyclic) bond motifs is 2. The molecule has 5 rings (SSSR count). The topological polar surface area (TPSA) is 58.6 Å². The van der Waals surface area contributed by atoms with E-state index in [1.165, 1.54) is 51.5 Å². The molecular formula is C32H44IN3O3. The van der Waals surface area contributed by atoms with Gasteiger partial charge in [0.1, 0.15) is 11.5 Å². The minimum atomic E-state index is -0.498. The van der Waals surface area contributed by atoms with Crippen LogP contribution < -0.4 is 34.0 Å². The van der Waals surface area contributed by atoms with Crippen molar-refractivity contribution in [2.24, 2.45) is 5.92 Å². The van der Waals surface area contributed by atoms with Crippen LogP contribution in [0.4, 0.5) is 0 Å². The molecule has 1 unspecified atom stereocenters. The van der Waals surface area contributed by atoms with Crippen LogP contribution in [0.5, 0.6) is 11.5 Å². The number of nitrogens with zero attached hydrogens (tertiary/aromatic N) is 2. The van der Waals surface area contributed by atoms with Crippen molar-refractivity contribution in [2.45, 2.75) is 69.7 Å². The van der Waals surface area contributed by atoms with Gasteiger partial charge >= 0.3 is 0 Å². The second-order valence-electron chi connectivity index (χ2n) is 12.3. The average Bonchev–Trinajstić information content (AvgIpc) is 2.89. The Bertz CT molecular complexity index is 1150. The van der Waals surface area contributed by atoms with Gasteiger partial charge in [-0.2, -0.15) is 0 Å². The summed E-state index contributed by atoms with van der Waals surface area (Å²) in [4.78, 5) is 28.1. The number of benzene rings is 2. The van der Waals surface area contributed by atoms with Crippen LogP contribution in [0.25, 0.3) is 0 Å². The molecule has 1 saturated heterocycles. The van der Waals surface area contributed by atoms with Crippen molar-refractivity contribution in [1.82, 2.24) is 10.2 Å². The summed E-state index contributed by atoms with van der Waals surface area (Å²) in [7, 11) is 5.90. The number of hydrogen-bond acceptors (Lipinski definition) is 3. The molecule has 0 aromatic heterocycles. The summed E-state index contributed by atoms with van der Waals surface area (Å²) >= 11 is 0. The maximum atomic E-state index is 13.9. The first-order valence-corrected chi connectivity index (χ1v) is 14.6. The van der Waals surface area contributed by atoms with Crippen molar-refractivity contribution in [1.29, 1.82) is 0 Å². The van der Waals surface area contributed by atoms with Gasteiger partial charge in [-0.15, -0.1) is 0 Å². The fourth-order valence-electron chi connectivity index (χ4n) is 6.79. The largest absolute Gasteiger partial charge is 1.00 e. The summed E-state index contributed by atoms with van der Waals surface area (Å²) in [6.07, 6.45) is 11.8. The van der Waals surface area contributed by atoms with Gasteiger partial charge in [0.05, 0.1) is 32.6 Å². The zero-order valence-electron chi connectivity index (χ0n) is 23.8. The highest BCUT2D eigenvalue weighted by atomic mass is 127. The normalized spacial score (nSPS) is 25.0.